The fraction of sp³-hybridized carbons (Fsp3) is 0.277. The molecule has 6 aromatic rings. The minimum Gasteiger partial charge on any atom is -0.506 e. The van der Waals surface area contributed by atoms with Crippen LogP contribution >= 0.6 is 0 Å². The lowest BCUT2D eigenvalue weighted by Gasteiger charge is -2.38. The first-order chi connectivity index (χ1) is 27.7. The number of aromatic hydroxyl groups is 1. The van der Waals surface area contributed by atoms with Gasteiger partial charge in [-0.15, -0.1) is 0 Å². The molecular formula is C47H51N5O5. The van der Waals surface area contributed by atoms with Gasteiger partial charge in [0.05, 0.1) is 17.3 Å². The smallest absolute Gasteiger partial charge is 0.412 e. The van der Waals surface area contributed by atoms with Crippen molar-refractivity contribution in [3.63, 3.8) is 0 Å². The number of amides is 1. The van der Waals surface area contributed by atoms with Crippen molar-refractivity contribution in [3.05, 3.63) is 154 Å². The Morgan fingerprint density at radius 1 is 0.825 bits per heavy atom. The number of likely N-dealkylation sites (tertiary alicyclic amines) is 1. The second-order valence-corrected chi connectivity index (χ2v) is 15.1. The van der Waals surface area contributed by atoms with Crippen molar-refractivity contribution in [2.24, 2.45) is 0 Å². The van der Waals surface area contributed by atoms with Gasteiger partial charge in [0.25, 0.3) is 0 Å². The quantitative estimate of drug-likeness (QED) is 0.0572. The number of fused-ring (bicyclic) bond motifs is 1. The lowest BCUT2D eigenvalue weighted by Crippen LogP contribution is -2.46. The largest absolute Gasteiger partial charge is 0.506 e. The number of anilines is 3. The van der Waals surface area contributed by atoms with E-state index in [1.807, 2.05) is 61.5 Å². The highest BCUT2D eigenvalue weighted by Crippen LogP contribution is 2.31. The SMILES string of the molecule is CC1(OC(=O)Nc2ccccc2-c2ccccc2)CCN(CCCc2ccc(Nc3ccc(CCNC[C@@H](O)c4ccc(O)c5[nH]c(=O)ccc45)cc3)cc2)CC1. The molecule has 294 valence electrons. The molecule has 1 amide bonds. The van der Waals surface area contributed by atoms with E-state index in [2.05, 4.69) is 74.4 Å². The normalized spacial score (nSPS) is 14.6. The Bertz CT molecular complexity index is 2300. The summed E-state index contributed by atoms with van der Waals surface area (Å²) in [4.78, 5) is 29.8. The Morgan fingerprint density at radius 3 is 2.21 bits per heavy atom. The van der Waals surface area contributed by atoms with Crippen LogP contribution in [-0.2, 0) is 17.6 Å². The number of ether oxygens (including phenoxy) is 1. The second-order valence-electron chi connectivity index (χ2n) is 15.1. The summed E-state index contributed by atoms with van der Waals surface area (Å²) < 4.78 is 6.00. The number of phenolic OH excluding ortho intramolecular Hbond substituents is 1. The molecule has 0 radical (unpaired) electrons. The summed E-state index contributed by atoms with van der Waals surface area (Å²) in [6.07, 6.45) is 3.27. The Morgan fingerprint density at radius 2 is 1.49 bits per heavy atom. The van der Waals surface area contributed by atoms with Crippen LogP contribution in [0.4, 0.5) is 21.9 Å². The minimum absolute atomic E-state index is 0.0228. The molecule has 10 nitrogen and oxygen atoms in total. The molecule has 6 N–H and O–H groups in total. The van der Waals surface area contributed by atoms with E-state index < -0.39 is 17.8 Å². The molecule has 1 aliphatic rings. The maximum Gasteiger partial charge on any atom is 0.412 e. The van der Waals surface area contributed by atoms with Crippen molar-refractivity contribution in [1.82, 2.24) is 15.2 Å². The van der Waals surface area contributed by atoms with E-state index in [1.165, 1.54) is 23.3 Å². The Balaban J connectivity index is 0.789. The van der Waals surface area contributed by atoms with E-state index in [0.29, 0.717) is 29.6 Å². The zero-order chi connectivity index (χ0) is 39.6. The minimum atomic E-state index is -0.789. The van der Waals surface area contributed by atoms with Gasteiger partial charge in [-0.2, -0.15) is 0 Å². The number of nitrogens with one attached hydrogen (secondary N) is 4. The van der Waals surface area contributed by atoms with Gasteiger partial charge in [0, 0.05) is 48.0 Å². The van der Waals surface area contributed by atoms with Crippen LogP contribution in [-0.4, -0.2) is 64.5 Å². The van der Waals surface area contributed by atoms with Crippen molar-refractivity contribution in [2.45, 2.75) is 50.7 Å². The molecule has 57 heavy (non-hydrogen) atoms. The number of para-hydroxylation sites is 1. The fourth-order valence-electron chi connectivity index (χ4n) is 7.49. The van der Waals surface area contributed by atoms with Crippen molar-refractivity contribution in [3.8, 4) is 16.9 Å². The molecular weight excluding hydrogens is 715 g/mol. The fourth-order valence-corrected chi connectivity index (χ4v) is 7.49. The first kappa shape index (κ1) is 39.3. The third-order valence-electron chi connectivity index (χ3n) is 10.8. The molecule has 10 heteroatoms. The molecule has 7 rings (SSSR count). The number of aromatic nitrogens is 1. The second kappa shape index (κ2) is 18.3. The number of pyridine rings is 1. The number of piperidine rings is 1. The van der Waals surface area contributed by atoms with Crippen LogP contribution in [0.5, 0.6) is 5.75 Å². The number of hydrogen-bond acceptors (Lipinski definition) is 8. The van der Waals surface area contributed by atoms with Crippen LogP contribution in [0.15, 0.2) is 132 Å². The molecule has 0 unspecified atom stereocenters. The molecule has 0 aliphatic carbocycles. The van der Waals surface area contributed by atoms with Crippen LogP contribution in [0.2, 0.25) is 0 Å². The molecule has 1 saturated heterocycles. The summed E-state index contributed by atoms with van der Waals surface area (Å²) in [6, 6.07) is 41.0. The number of nitrogens with zero attached hydrogens (tertiary/aromatic N) is 1. The van der Waals surface area contributed by atoms with Crippen LogP contribution in [0, 0.1) is 0 Å². The van der Waals surface area contributed by atoms with Gasteiger partial charge in [-0.05, 0) is 117 Å². The predicted octanol–water partition coefficient (Wildman–Crippen LogP) is 8.55. The average molecular weight is 766 g/mol. The summed E-state index contributed by atoms with van der Waals surface area (Å²) >= 11 is 0. The molecule has 1 aromatic heterocycles. The molecule has 1 aliphatic heterocycles. The number of benzene rings is 5. The summed E-state index contributed by atoms with van der Waals surface area (Å²) in [5.41, 5.74) is 7.48. The predicted molar refractivity (Wildman–Crippen MR) is 228 cm³/mol. The van der Waals surface area contributed by atoms with Gasteiger partial charge in [0.15, 0.2) is 0 Å². The Labute approximate surface area is 333 Å². The highest BCUT2D eigenvalue weighted by atomic mass is 16.6. The van der Waals surface area contributed by atoms with Gasteiger partial charge in [0.2, 0.25) is 5.56 Å². The highest BCUT2D eigenvalue weighted by molar-refractivity contribution is 5.91. The van der Waals surface area contributed by atoms with E-state index >= 15 is 0 Å². The van der Waals surface area contributed by atoms with E-state index in [1.54, 1.807) is 12.1 Å². The molecule has 5 aromatic carbocycles. The summed E-state index contributed by atoms with van der Waals surface area (Å²) in [5, 5.41) is 31.3. The first-order valence-electron chi connectivity index (χ1n) is 19.8. The van der Waals surface area contributed by atoms with Gasteiger partial charge in [0.1, 0.15) is 11.4 Å². The maximum atomic E-state index is 13.0. The number of hydrogen-bond donors (Lipinski definition) is 6. The molecule has 1 atom stereocenters. The Hall–Kier alpha value is -5.94. The number of carbonyl (C=O) groups excluding carboxylic acids is 1. The highest BCUT2D eigenvalue weighted by Gasteiger charge is 2.33. The van der Waals surface area contributed by atoms with E-state index in [9.17, 15) is 19.8 Å². The third-order valence-corrected chi connectivity index (χ3v) is 10.8. The number of aliphatic hydroxyl groups is 1. The summed E-state index contributed by atoms with van der Waals surface area (Å²) in [6.45, 7) is 5.88. The Kier molecular flexibility index (Phi) is 12.6. The number of carbonyl (C=O) groups is 1. The average Bonchev–Trinajstić information content (AvgIpc) is 3.22. The summed E-state index contributed by atoms with van der Waals surface area (Å²) in [7, 11) is 0. The number of aromatic amines is 1. The van der Waals surface area contributed by atoms with Crippen molar-refractivity contribution >= 4 is 34.1 Å². The van der Waals surface area contributed by atoms with Gasteiger partial charge in [-0.3, -0.25) is 10.1 Å². The van der Waals surface area contributed by atoms with Crippen LogP contribution in [0.25, 0.3) is 22.0 Å². The van der Waals surface area contributed by atoms with E-state index in [0.717, 1.165) is 79.9 Å². The molecule has 2 heterocycles. The maximum absolute atomic E-state index is 13.0. The van der Waals surface area contributed by atoms with Gasteiger partial charge in [-0.25, -0.2) is 4.79 Å². The molecule has 0 spiro atoms. The van der Waals surface area contributed by atoms with Crippen LogP contribution in [0.3, 0.4) is 0 Å². The number of rotatable bonds is 15. The number of aryl methyl sites for hydroxylation is 1. The van der Waals surface area contributed by atoms with Crippen molar-refractivity contribution in [2.75, 3.05) is 43.4 Å². The van der Waals surface area contributed by atoms with Gasteiger partial charge < -0.3 is 35.5 Å². The van der Waals surface area contributed by atoms with E-state index in [-0.39, 0.29) is 11.3 Å². The molecule has 1 fully saturated rings. The topological polar surface area (TPSA) is 139 Å². The van der Waals surface area contributed by atoms with Crippen LogP contribution < -0.4 is 21.5 Å². The molecule has 0 bridgehead atoms. The molecule has 0 saturated carbocycles. The zero-order valence-corrected chi connectivity index (χ0v) is 32.3. The van der Waals surface area contributed by atoms with Crippen molar-refractivity contribution < 1.29 is 19.7 Å². The lowest BCUT2D eigenvalue weighted by molar-refractivity contribution is -0.0162. The first-order valence-corrected chi connectivity index (χ1v) is 19.8. The number of aliphatic hydroxyl groups excluding tert-OH is 1. The van der Waals surface area contributed by atoms with Crippen molar-refractivity contribution in [1.29, 1.82) is 0 Å². The zero-order valence-electron chi connectivity index (χ0n) is 32.3. The van der Waals surface area contributed by atoms with Gasteiger partial charge >= 0.3 is 6.09 Å². The van der Waals surface area contributed by atoms with E-state index in [4.69, 9.17) is 4.74 Å². The number of phenols is 1. The van der Waals surface area contributed by atoms with Crippen LogP contribution in [0.1, 0.15) is 49.0 Å². The monoisotopic (exact) mass is 765 g/mol. The standard InChI is InChI=1S/C47H51N5O5/c1-47(57-46(56)50-41-12-6-5-11-38(41)35-9-3-2-4-10-35)26-30-52(31-27-47)29-7-8-33-13-17-36(18-14-33)49-37-19-15-34(16-20-37)25-28-48-32-43(54)39-21-23-42(53)45-40(39)22-24-44(55)51-45/h2-6,9-24,43,48-49,53-54H,7-8,25-32H2,1H3,(H,50,56)(H,51,55)/t43-/m1/s1. The number of H-pyrrole nitrogens is 1. The third kappa shape index (κ3) is 10.5. The van der Waals surface area contributed by atoms with Gasteiger partial charge in [-0.1, -0.05) is 78.9 Å². The summed E-state index contributed by atoms with van der Waals surface area (Å²) in [5.74, 6) is -0.0228. The lowest BCUT2D eigenvalue weighted by atomic mass is 9.93.